The fraction of sp³-hybridized carbons (Fsp3) is 0.909. The topological polar surface area (TPSA) is 61.4 Å². The molecule has 4 nitrogen and oxygen atoms in total. The molecular weight excluding hydrogens is 192 g/mol. The highest BCUT2D eigenvalue weighted by Crippen LogP contribution is 2.17. The molecule has 0 atom stereocenters. The van der Waals surface area contributed by atoms with Gasteiger partial charge in [-0.05, 0) is 11.8 Å². The lowest BCUT2D eigenvalue weighted by atomic mass is 9.90. The summed E-state index contributed by atoms with van der Waals surface area (Å²) in [6.07, 6.45) is 0.699. The van der Waals surface area contributed by atoms with Gasteiger partial charge in [-0.3, -0.25) is 4.79 Å². The smallest absolute Gasteiger partial charge is 0.233 e. The Hall–Kier alpha value is -0.610. The van der Waals surface area contributed by atoms with Crippen LogP contribution < -0.4 is 10.6 Å². The van der Waals surface area contributed by atoms with Crippen molar-refractivity contribution in [3.63, 3.8) is 0 Å². The Balaban J connectivity index is 3.70. The quantitative estimate of drug-likeness (QED) is 0.581. The third-order valence-corrected chi connectivity index (χ3v) is 2.22. The van der Waals surface area contributed by atoms with E-state index >= 15 is 0 Å². The standard InChI is InChI=1S/C11H24N2O2/c1-9(2)12-7-10(15)13-8-11(3,4)5-6-14/h9,12,14H,5-8H2,1-4H3,(H,13,15). The molecule has 0 heterocycles. The van der Waals surface area contributed by atoms with Crippen LogP contribution in [0.3, 0.4) is 0 Å². The number of rotatable bonds is 7. The maximum absolute atomic E-state index is 11.4. The second kappa shape index (κ2) is 6.80. The Bertz CT molecular complexity index is 191. The first kappa shape index (κ1) is 14.4. The molecule has 0 aliphatic carbocycles. The predicted octanol–water partition coefficient (Wildman–Crippen LogP) is 0.509. The molecule has 0 unspecified atom stereocenters. The number of hydrogen-bond donors (Lipinski definition) is 3. The van der Waals surface area contributed by atoms with E-state index < -0.39 is 0 Å². The Labute approximate surface area is 92.4 Å². The molecule has 0 radical (unpaired) electrons. The number of amides is 1. The van der Waals surface area contributed by atoms with Gasteiger partial charge in [-0.2, -0.15) is 0 Å². The van der Waals surface area contributed by atoms with Crippen LogP contribution in [0.1, 0.15) is 34.1 Å². The second-order valence-corrected chi connectivity index (χ2v) is 4.95. The SMILES string of the molecule is CC(C)NCC(=O)NCC(C)(C)CCO. The van der Waals surface area contributed by atoms with E-state index in [1.807, 2.05) is 27.7 Å². The number of carbonyl (C=O) groups is 1. The van der Waals surface area contributed by atoms with Crippen LogP contribution in [0, 0.1) is 5.41 Å². The van der Waals surface area contributed by atoms with Crippen molar-refractivity contribution in [1.29, 1.82) is 0 Å². The lowest BCUT2D eigenvalue weighted by Crippen LogP contribution is -2.41. The summed E-state index contributed by atoms with van der Waals surface area (Å²) >= 11 is 0. The van der Waals surface area contributed by atoms with E-state index in [0.29, 0.717) is 25.6 Å². The molecular formula is C11H24N2O2. The monoisotopic (exact) mass is 216 g/mol. The van der Waals surface area contributed by atoms with Gasteiger partial charge >= 0.3 is 0 Å². The van der Waals surface area contributed by atoms with Gasteiger partial charge in [-0.25, -0.2) is 0 Å². The molecule has 0 rings (SSSR count). The van der Waals surface area contributed by atoms with Gasteiger partial charge in [0.05, 0.1) is 6.54 Å². The molecule has 90 valence electrons. The summed E-state index contributed by atoms with van der Waals surface area (Å²) in [5, 5.41) is 14.7. The van der Waals surface area contributed by atoms with Gasteiger partial charge in [0.15, 0.2) is 0 Å². The average molecular weight is 216 g/mol. The Kier molecular flexibility index (Phi) is 6.52. The van der Waals surface area contributed by atoms with Crippen molar-refractivity contribution in [3.05, 3.63) is 0 Å². The van der Waals surface area contributed by atoms with E-state index in [1.54, 1.807) is 0 Å². The highest BCUT2D eigenvalue weighted by Gasteiger charge is 2.17. The number of nitrogens with one attached hydrogen (secondary N) is 2. The third-order valence-electron chi connectivity index (χ3n) is 2.22. The highest BCUT2D eigenvalue weighted by atomic mass is 16.3. The second-order valence-electron chi connectivity index (χ2n) is 4.95. The first-order chi connectivity index (χ1) is 6.87. The van der Waals surface area contributed by atoms with E-state index in [9.17, 15) is 4.79 Å². The lowest BCUT2D eigenvalue weighted by Gasteiger charge is -2.24. The maximum atomic E-state index is 11.4. The Morgan fingerprint density at radius 1 is 1.40 bits per heavy atom. The zero-order valence-corrected chi connectivity index (χ0v) is 10.3. The molecule has 0 aromatic heterocycles. The molecule has 15 heavy (non-hydrogen) atoms. The van der Waals surface area contributed by atoms with Crippen molar-refractivity contribution < 1.29 is 9.90 Å². The molecule has 1 amide bonds. The Morgan fingerprint density at radius 2 is 2.00 bits per heavy atom. The third kappa shape index (κ3) is 8.39. The van der Waals surface area contributed by atoms with E-state index in [0.717, 1.165) is 0 Å². The van der Waals surface area contributed by atoms with Gasteiger partial charge in [-0.1, -0.05) is 27.7 Å². The van der Waals surface area contributed by atoms with Gasteiger partial charge in [0.1, 0.15) is 0 Å². The summed E-state index contributed by atoms with van der Waals surface area (Å²) in [6, 6.07) is 0.321. The first-order valence-electron chi connectivity index (χ1n) is 5.48. The molecule has 4 heteroatoms. The van der Waals surface area contributed by atoms with Crippen molar-refractivity contribution >= 4 is 5.91 Å². The molecule has 0 spiro atoms. The fourth-order valence-corrected chi connectivity index (χ4v) is 1.09. The minimum absolute atomic E-state index is 0.00900. The van der Waals surface area contributed by atoms with E-state index in [-0.39, 0.29) is 17.9 Å². The summed E-state index contributed by atoms with van der Waals surface area (Å²) < 4.78 is 0. The normalized spacial score (nSPS) is 11.9. The summed E-state index contributed by atoms with van der Waals surface area (Å²) in [5.74, 6) is 0.00900. The predicted molar refractivity (Wildman–Crippen MR) is 61.6 cm³/mol. The van der Waals surface area contributed by atoms with Crippen LogP contribution in [0.4, 0.5) is 0 Å². The number of carbonyl (C=O) groups excluding carboxylic acids is 1. The van der Waals surface area contributed by atoms with E-state index in [4.69, 9.17) is 5.11 Å². The van der Waals surface area contributed by atoms with Gasteiger partial charge in [0.25, 0.3) is 0 Å². The van der Waals surface area contributed by atoms with Crippen molar-refractivity contribution in [2.45, 2.75) is 40.2 Å². The minimum atomic E-state index is -0.0394. The van der Waals surface area contributed by atoms with Crippen LogP contribution in [0.25, 0.3) is 0 Å². The molecule has 0 aromatic carbocycles. The lowest BCUT2D eigenvalue weighted by molar-refractivity contribution is -0.120. The molecule has 0 aromatic rings. The zero-order chi connectivity index (χ0) is 11.9. The van der Waals surface area contributed by atoms with Crippen LogP contribution in [0.2, 0.25) is 0 Å². The highest BCUT2D eigenvalue weighted by molar-refractivity contribution is 5.78. The van der Waals surface area contributed by atoms with E-state index in [1.165, 1.54) is 0 Å². The number of aliphatic hydroxyl groups excluding tert-OH is 1. The van der Waals surface area contributed by atoms with Gasteiger partial charge in [-0.15, -0.1) is 0 Å². The summed E-state index contributed by atoms with van der Waals surface area (Å²) in [4.78, 5) is 11.4. The van der Waals surface area contributed by atoms with Gasteiger partial charge < -0.3 is 15.7 Å². The molecule has 0 fully saturated rings. The largest absolute Gasteiger partial charge is 0.396 e. The zero-order valence-electron chi connectivity index (χ0n) is 10.3. The summed E-state index contributed by atoms with van der Waals surface area (Å²) in [5.41, 5.74) is -0.0394. The maximum Gasteiger partial charge on any atom is 0.233 e. The van der Waals surface area contributed by atoms with Crippen molar-refractivity contribution in [3.8, 4) is 0 Å². The van der Waals surface area contributed by atoms with Crippen molar-refractivity contribution in [2.24, 2.45) is 5.41 Å². The minimum Gasteiger partial charge on any atom is -0.396 e. The summed E-state index contributed by atoms with van der Waals surface area (Å²) in [7, 11) is 0. The van der Waals surface area contributed by atoms with Crippen molar-refractivity contribution in [2.75, 3.05) is 19.7 Å². The number of hydrogen-bond acceptors (Lipinski definition) is 3. The summed E-state index contributed by atoms with van der Waals surface area (Å²) in [6.45, 7) is 9.18. The van der Waals surface area contributed by atoms with Crippen molar-refractivity contribution in [1.82, 2.24) is 10.6 Å². The van der Waals surface area contributed by atoms with Gasteiger partial charge in [0.2, 0.25) is 5.91 Å². The van der Waals surface area contributed by atoms with Crippen LogP contribution >= 0.6 is 0 Å². The average Bonchev–Trinajstić information content (AvgIpc) is 2.11. The van der Waals surface area contributed by atoms with Crippen LogP contribution in [-0.2, 0) is 4.79 Å². The molecule has 0 aliphatic heterocycles. The Morgan fingerprint density at radius 3 is 2.47 bits per heavy atom. The first-order valence-corrected chi connectivity index (χ1v) is 5.48. The fourth-order valence-electron chi connectivity index (χ4n) is 1.09. The molecule has 3 N–H and O–H groups in total. The van der Waals surface area contributed by atoms with Crippen LogP contribution in [0.5, 0.6) is 0 Å². The molecule has 0 saturated heterocycles. The van der Waals surface area contributed by atoms with E-state index in [2.05, 4.69) is 10.6 Å². The van der Waals surface area contributed by atoms with Gasteiger partial charge in [0, 0.05) is 19.2 Å². The molecule has 0 bridgehead atoms. The van der Waals surface area contributed by atoms with Crippen LogP contribution in [-0.4, -0.2) is 36.8 Å². The molecule has 0 saturated carbocycles. The number of aliphatic hydroxyl groups is 1. The van der Waals surface area contributed by atoms with Crippen LogP contribution in [0.15, 0.2) is 0 Å². The molecule has 0 aliphatic rings.